The molecule has 0 aliphatic carbocycles. The van der Waals surface area contributed by atoms with Crippen LogP contribution in [0.3, 0.4) is 0 Å². The largest absolute Gasteiger partial charge is 0.455 e. The number of hydrogen-bond donors (Lipinski definition) is 0. The highest BCUT2D eigenvalue weighted by Crippen LogP contribution is 2.30. The van der Waals surface area contributed by atoms with Crippen molar-refractivity contribution in [1.82, 2.24) is 0 Å². The molecule has 5 rings (SSSR count). The second-order valence-electron chi connectivity index (χ2n) is 7.17. The Morgan fingerprint density at radius 1 is 0.871 bits per heavy atom. The smallest absolute Gasteiger partial charge is 0.374 e. The van der Waals surface area contributed by atoms with Gasteiger partial charge in [0.05, 0.1) is 6.61 Å². The Morgan fingerprint density at radius 2 is 1.65 bits per heavy atom. The fourth-order valence-corrected chi connectivity index (χ4v) is 3.89. The lowest BCUT2D eigenvalue weighted by Gasteiger charge is -2.09. The van der Waals surface area contributed by atoms with Crippen LogP contribution >= 0.6 is 0 Å². The molecule has 0 bridgehead atoms. The number of methoxy groups -OCH3 is 1. The van der Waals surface area contributed by atoms with Gasteiger partial charge in [-0.2, -0.15) is 0 Å². The molecule has 0 aliphatic heterocycles. The summed E-state index contributed by atoms with van der Waals surface area (Å²) in [4.78, 5) is 25.0. The highest BCUT2D eigenvalue weighted by Gasteiger charge is 2.22. The zero-order chi connectivity index (χ0) is 21.4. The van der Waals surface area contributed by atoms with E-state index in [1.807, 2.05) is 48.5 Å². The van der Waals surface area contributed by atoms with E-state index in [0.29, 0.717) is 22.3 Å². The first-order valence-electron chi connectivity index (χ1n) is 9.76. The SMILES string of the molecule is COCc1c(C(=O)OCc2cc(=O)oc3ccc4ccccc4c23)oc2ccccc12. The number of esters is 1. The lowest BCUT2D eigenvalue weighted by atomic mass is 10.0. The molecule has 31 heavy (non-hydrogen) atoms. The molecule has 2 heterocycles. The normalized spacial score (nSPS) is 11.4. The fourth-order valence-electron chi connectivity index (χ4n) is 3.89. The highest BCUT2D eigenvalue weighted by atomic mass is 16.5. The van der Waals surface area contributed by atoms with Crippen molar-refractivity contribution in [2.75, 3.05) is 7.11 Å². The van der Waals surface area contributed by atoms with E-state index in [1.54, 1.807) is 19.2 Å². The molecular formula is C25H18O6. The summed E-state index contributed by atoms with van der Waals surface area (Å²) >= 11 is 0. The van der Waals surface area contributed by atoms with E-state index in [2.05, 4.69) is 0 Å². The number of carbonyl (C=O) groups excluding carboxylic acids is 1. The number of para-hydroxylation sites is 1. The van der Waals surface area contributed by atoms with Gasteiger partial charge in [0.2, 0.25) is 5.76 Å². The van der Waals surface area contributed by atoms with Gasteiger partial charge in [-0.1, -0.05) is 48.5 Å². The third kappa shape index (κ3) is 3.37. The van der Waals surface area contributed by atoms with Crippen LogP contribution in [0, 0.1) is 0 Å². The predicted molar refractivity (Wildman–Crippen MR) is 116 cm³/mol. The van der Waals surface area contributed by atoms with Crippen molar-refractivity contribution in [2.45, 2.75) is 13.2 Å². The zero-order valence-corrected chi connectivity index (χ0v) is 16.7. The molecule has 0 saturated heterocycles. The number of hydrogen-bond acceptors (Lipinski definition) is 6. The molecule has 154 valence electrons. The van der Waals surface area contributed by atoms with Crippen LogP contribution in [0.4, 0.5) is 0 Å². The molecule has 0 aliphatic rings. The molecule has 5 aromatic rings. The minimum absolute atomic E-state index is 0.0974. The van der Waals surface area contributed by atoms with Gasteiger partial charge >= 0.3 is 11.6 Å². The molecule has 2 aromatic heterocycles. The number of furan rings is 1. The van der Waals surface area contributed by atoms with Crippen LogP contribution in [-0.2, 0) is 22.7 Å². The van der Waals surface area contributed by atoms with Gasteiger partial charge in [0, 0.05) is 35.1 Å². The van der Waals surface area contributed by atoms with Gasteiger partial charge in [0.15, 0.2) is 0 Å². The molecule has 3 aromatic carbocycles. The Morgan fingerprint density at radius 3 is 2.48 bits per heavy atom. The fraction of sp³-hybridized carbons (Fsp3) is 0.120. The molecule has 0 fully saturated rings. The van der Waals surface area contributed by atoms with Crippen LogP contribution < -0.4 is 5.63 Å². The molecule has 0 spiro atoms. The van der Waals surface area contributed by atoms with Gasteiger partial charge in [0.1, 0.15) is 17.8 Å². The Bertz CT molecular complexity index is 1490. The van der Waals surface area contributed by atoms with E-state index in [1.165, 1.54) is 6.07 Å². The monoisotopic (exact) mass is 414 g/mol. The van der Waals surface area contributed by atoms with E-state index >= 15 is 0 Å². The second kappa shape index (κ2) is 7.74. The summed E-state index contributed by atoms with van der Waals surface area (Å²) in [6, 6.07) is 20.1. The first-order chi connectivity index (χ1) is 15.2. The lowest BCUT2D eigenvalue weighted by molar-refractivity contribution is 0.0434. The predicted octanol–water partition coefficient (Wildman–Crippen LogP) is 5.20. The molecule has 6 nitrogen and oxygen atoms in total. The molecule has 0 saturated carbocycles. The van der Waals surface area contributed by atoms with Crippen molar-refractivity contribution >= 4 is 38.7 Å². The Balaban J connectivity index is 1.54. The quantitative estimate of drug-likeness (QED) is 0.224. The molecule has 0 unspecified atom stereocenters. The van der Waals surface area contributed by atoms with E-state index in [-0.39, 0.29) is 19.0 Å². The summed E-state index contributed by atoms with van der Waals surface area (Å²) < 4.78 is 21.9. The number of benzene rings is 3. The maximum absolute atomic E-state index is 12.9. The van der Waals surface area contributed by atoms with E-state index < -0.39 is 11.6 Å². The maximum Gasteiger partial charge on any atom is 0.374 e. The van der Waals surface area contributed by atoms with Crippen LogP contribution in [0.1, 0.15) is 21.7 Å². The first kappa shape index (κ1) is 19.1. The van der Waals surface area contributed by atoms with Crippen LogP contribution in [0.2, 0.25) is 0 Å². The molecule has 6 heteroatoms. The zero-order valence-electron chi connectivity index (χ0n) is 16.7. The van der Waals surface area contributed by atoms with Gasteiger partial charge < -0.3 is 18.3 Å². The molecule has 0 atom stereocenters. The van der Waals surface area contributed by atoms with E-state index in [0.717, 1.165) is 21.5 Å². The lowest BCUT2D eigenvalue weighted by Crippen LogP contribution is -2.09. The summed E-state index contributed by atoms with van der Waals surface area (Å²) in [6.07, 6.45) is 0. The average Bonchev–Trinajstić information content (AvgIpc) is 3.16. The second-order valence-corrected chi connectivity index (χ2v) is 7.17. The van der Waals surface area contributed by atoms with Crippen molar-refractivity contribution in [1.29, 1.82) is 0 Å². The van der Waals surface area contributed by atoms with E-state index in [4.69, 9.17) is 18.3 Å². The van der Waals surface area contributed by atoms with Crippen LogP contribution in [-0.4, -0.2) is 13.1 Å². The van der Waals surface area contributed by atoms with Crippen molar-refractivity contribution in [3.05, 3.63) is 94.0 Å². The van der Waals surface area contributed by atoms with Crippen molar-refractivity contribution in [2.24, 2.45) is 0 Å². The number of carbonyl (C=O) groups is 1. The summed E-state index contributed by atoms with van der Waals surface area (Å²) in [5.74, 6) is -0.523. The molecule has 0 N–H and O–H groups in total. The van der Waals surface area contributed by atoms with Gasteiger partial charge in [-0.15, -0.1) is 0 Å². The average molecular weight is 414 g/mol. The summed E-state index contributed by atoms with van der Waals surface area (Å²) in [5, 5.41) is 3.45. The molecule has 0 radical (unpaired) electrons. The third-order valence-electron chi connectivity index (χ3n) is 5.25. The van der Waals surface area contributed by atoms with Gasteiger partial charge in [0.25, 0.3) is 0 Å². The Hall–Kier alpha value is -3.90. The van der Waals surface area contributed by atoms with E-state index in [9.17, 15) is 9.59 Å². The van der Waals surface area contributed by atoms with Crippen LogP contribution in [0.5, 0.6) is 0 Å². The minimum atomic E-state index is -0.620. The molecular weight excluding hydrogens is 396 g/mol. The van der Waals surface area contributed by atoms with Crippen LogP contribution in [0.15, 0.2) is 80.4 Å². The van der Waals surface area contributed by atoms with Crippen molar-refractivity contribution in [3.63, 3.8) is 0 Å². The third-order valence-corrected chi connectivity index (χ3v) is 5.25. The Kier molecular flexibility index (Phi) is 4.76. The minimum Gasteiger partial charge on any atom is -0.455 e. The standard InChI is InChI=1S/C25H18O6/c1-28-14-19-18-8-4-5-9-20(18)31-24(19)25(27)29-13-16-12-22(26)30-21-11-10-15-6-2-3-7-17(15)23(16)21/h2-12H,13-14H2,1H3. The molecule has 0 amide bonds. The van der Waals surface area contributed by atoms with Crippen molar-refractivity contribution < 1.29 is 23.1 Å². The first-order valence-corrected chi connectivity index (χ1v) is 9.76. The Labute approximate surface area is 176 Å². The summed E-state index contributed by atoms with van der Waals surface area (Å²) in [5.41, 5.74) is 1.73. The van der Waals surface area contributed by atoms with Crippen LogP contribution in [0.25, 0.3) is 32.7 Å². The van der Waals surface area contributed by atoms with Gasteiger partial charge in [-0.05, 0) is 22.9 Å². The number of rotatable bonds is 5. The summed E-state index contributed by atoms with van der Waals surface area (Å²) in [7, 11) is 1.55. The maximum atomic E-state index is 12.9. The number of ether oxygens (including phenoxy) is 2. The van der Waals surface area contributed by atoms with Crippen molar-refractivity contribution in [3.8, 4) is 0 Å². The number of fused-ring (bicyclic) bond motifs is 4. The highest BCUT2D eigenvalue weighted by molar-refractivity contribution is 6.07. The topological polar surface area (TPSA) is 78.9 Å². The van der Waals surface area contributed by atoms with Gasteiger partial charge in [-0.3, -0.25) is 0 Å². The summed E-state index contributed by atoms with van der Waals surface area (Å²) in [6.45, 7) is 0.113. The van der Waals surface area contributed by atoms with Gasteiger partial charge in [-0.25, -0.2) is 9.59 Å².